The number of ether oxygens (including phenoxy) is 1. The third-order valence-corrected chi connectivity index (χ3v) is 3.95. The Labute approximate surface area is 125 Å². The zero-order valence-corrected chi connectivity index (χ0v) is 12.1. The zero-order chi connectivity index (χ0) is 16.3. The third-order valence-electron chi connectivity index (χ3n) is 2.66. The molecule has 0 radical (unpaired) electrons. The number of hydrogen-bond donors (Lipinski definition) is 0. The van der Waals surface area contributed by atoms with E-state index in [4.69, 9.17) is 4.18 Å². The van der Waals surface area contributed by atoms with Crippen LogP contribution in [0.15, 0.2) is 47.4 Å². The Kier molecular flexibility index (Phi) is 4.41. The summed E-state index contributed by atoms with van der Waals surface area (Å²) in [6.45, 7) is 0. The van der Waals surface area contributed by atoms with Crippen LogP contribution in [0, 0.1) is 11.6 Å². The second-order valence-corrected chi connectivity index (χ2v) is 5.56. The van der Waals surface area contributed by atoms with Crippen molar-refractivity contribution in [3.8, 4) is 5.75 Å². The number of para-hydroxylation sites is 1. The molecular formula is C14H10F2O5S. The van der Waals surface area contributed by atoms with Gasteiger partial charge in [0.15, 0.2) is 10.6 Å². The predicted molar refractivity (Wildman–Crippen MR) is 72.0 cm³/mol. The smallest absolute Gasteiger partial charge is 0.345 e. The topological polar surface area (TPSA) is 69.7 Å². The van der Waals surface area contributed by atoms with Crippen molar-refractivity contribution < 1.29 is 30.9 Å². The van der Waals surface area contributed by atoms with Gasteiger partial charge in [0.1, 0.15) is 17.2 Å². The molecule has 2 aromatic carbocycles. The Morgan fingerprint density at radius 1 is 1.00 bits per heavy atom. The molecule has 0 aliphatic rings. The first-order valence-corrected chi connectivity index (χ1v) is 7.33. The summed E-state index contributed by atoms with van der Waals surface area (Å²) in [6.07, 6.45) is 0. The molecule has 5 nitrogen and oxygen atoms in total. The molecule has 22 heavy (non-hydrogen) atoms. The number of rotatable bonds is 4. The van der Waals surface area contributed by atoms with Crippen LogP contribution in [0.25, 0.3) is 0 Å². The van der Waals surface area contributed by atoms with Crippen LogP contribution in [0.5, 0.6) is 5.75 Å². The molecule has 2 rings (SSSR count). The minimum Gasteiger partial charge on any atom is -0.465 e. The molecule has 0 N–H and O–H groups in total. The summed E-state index contributed by atoms with van der Waals surface area (Å²) in [7, 11) is -3.70. The van der Waals surface area contributed by atoms with E-state index in [0.717, 1.165) is 25.3 Å². The Hall–Kier alpha value is -2.48. The van der Waals surface area contributed by atoms with Gasteiger partial charge in [-0.2, -0.15) is 8.42 Å². The fourth-order valence-corrected chi connectivity index (χ4v) is 2.78. The van der Waals surface area contributed by atoms with Gasteiger partial charge in [-0.05, 0) is 24.3 Å². The molecule has 0 fully saturated rings. The van der Waals surface area contributed by atoms with Crippen molar-refractivity contribution in [2.45, 2.75) is 4.90 Å². The molecule has 0 bridgehead atoms. The number of benzene rings is 2. The fraction of sp³-hybridized carbons (Fsp3) is 0.0714. The number of halogens is 2. The standard InChI is InChI=1S/C14H10F2O5S/c1-20-14(17)9-5-2-3-8-12(9)21-22(18,19)13-10(15)6-4-7-11(13)16/h2-8H,1H3. The van der Waals surface area contributed by atoms with Crippen LogP contribution in [0.4, 0.5) is 8.78 Å². The molecule has 0 spiro atoms. The highest BCUT2D eigenvalue weighted by Gasteiger charge is 2.27. The summed E-state index contributed by atoms with van der Waals surface area (Å²) >= 11 is 0. The predicted octanol–water partition coefficient (Wildman–Crippen LogP) is 2.52. The summed E-state index contributed by atoms with van der Waals surface area (Å²) in [4.78, 5) is 10.3. The second kappa shape index (κ2) is 6.10. The quantitative estimate of drug-likeness (QED) is 0.637. The van der Waals surface area contributed by atoms with Crippen LogP contribution < -0.4 is 4.18 Å². The summed E-state index contributed by atoms with van der Waals surface area (Å²) in [5.74, 6) is -3.83. The average molecular weight is 328 g/mol. The molecule has 0 aliphatic heterocycles. The maximum atomic E-state index is 13.6. The van der Waals surface area contributed by atoms with Gasteiger partial charge in [0.25, 0.3) is 0 Å². The normalized spacial score (nSPS) is 11.0. The molecular weight excluding hydrogens is 318 g/mol. The molecule has 0 aliphatic carbocycles. The molecule has 0 unspecified atom stereocenters. The van der Waals surface area contributed by atoms with Crippen LogP contribution in [-0.4, -0.2) is 21.5 Å². The van der Waals surface area contributed by atoms with E-state index in [-0.39, 0.29) is 5.56 Å². The Bertz CT molecular complexity index is 797. The molecule has 0 aromatic heterocycles. The molecule has 2 aromatic rings. The third kappa shape index (κ3) is 3.06. The molecule has 0 amide bonds. The number of hydrogen-bond acceptors (Lipinski definition) is 5. The summed E-state index contributed by atoms with van der Waals surface area (Å²) < 4.78 is 60.4. The first-order chi connectivity index (χ1) is 10.4. The SMILES string of the molecule is COC(=O)c1ccccc1OS(=O)(=O)c1c(F)cccc1F. The number of esters is 1. The van der Waals surface area contributed by atoms with Gasteiger partial charge in [-0.25, -0.2) is 13.6 Å². The van der Waals surface area contributed by atoms with E-state index in [9.17, 15) is 22.0 Å². The van der Waals surface area contributed by atoms with Crippen LogP contribution in [-0.2, 0) is 14.9 Å². The molecule has 8 heteroatoms. The van der Waals surface area contributed by atoms with E-state index in [1.54, 1.807) is 0 Å². The molecule has 0 saturated heterocycles. The number of carbonyl (C=O) groups is 1. The first-order valence-electron chi connectivity index (χ1n) is 5.92. The highest BCUT2D eigenvalue weighted by atomic mass is 32.2. The maximum absolute atomic E-state index is 13.6. The van der Waals surface area contributed by atoms with Gasteiger partial charge in [-0.15, -0.1) is 0 Å². The van der Waals surface area contributed by atoms with Crippen LogP contribution in [0.1, 0.15) is 10.4 Å². The lowest BCUT2D eigenvalue weighted by Gasteiger charge is -2.11. The Morgan fingerprint density at radius 3 is 2.18 bits per heavy atom. The number of methoxy groups -OCH3 is 1. The monoisotopic (exact) mass is 328 g/mol. The Balaban J connectivity index is 2.49. The van der Waals surface area contributed by atoms with Gasteiger partial charge in [0, 0.05) is 0 Å². The van der Waals surface area contributed by atoms with Crippen molar-refractivity contribution in [3.05, 3.63) is 59.7 Å². The van der Waals surface area contributed by atoms with Gasteiger partial charge in [-0.3, -0.25) is 0 Å². The Morgan fingerprint density at radius 2 is 1.59 bits per heavy atom. The lowest BCUT2D eigenvalue weighted by atomic mass is 10.2. The van der Waals surface area contributed by atoms with Crippen LogP contribution in [0.3, 0.4) is 0 Å². The van der Waals surface area contributed by atoms with Crippen molar-refractivity contribution in [2.24, 2.45) is 0 Å². The zero-order valence-electron chi connectivity index (χ0n) is 11.2. The first kappa shape index (κ1) is 15.9. The molecule has 0 atom stereocenters. The number of carbonyl (C=O) groups excluding carboxylic acids is 1. The van der Waals surface area contributed by atoms with E-state index in [0.29, 0.717) is 0 Å². The largest absolute Gasteiger partial charge is 0.465 e. The summed E-state index contributed by atoms with van der Waals surface area (Å²) in [5, 5.41) is 0. The lowest BCUT2D eigenvalue weighted by Crippen LogP contribution is -2.16. The van der Waals surface area contributed by atoms with Gasteiger partial charge < -0.3 is 8.92 Å². The van der Waals surface area contributed by atoms with Gasteiger partial charge >= 0.3 is 16.1 Å². The second-order valence-electron chi connectivity index (χ2n) is 4.08. The van der Waals surface area contributed by atoms with Crippen molar-refractivity contribution in [2.75, 3.05) is 7.11 Å². The fourth-order valence-electron chi connectivity index (χ4n) is 1.70. The van der Waals surface area contributed by atoms with E-state index in [1.165, 1.54) is 24.3 Å². The molecule has 0 saturated carbocycles. The highest BCUT2D eigenvalue weighted by molar-refractivity contribution is 7.87. The average Bonchev–Trinajstić information content (AvgIpc) is 2.46. The summed E-state index contributed by atoms with van der Waals surface area (Å²) in [5.41, 5.74) is -0.190. The van der Waals surface area contributed by atoms with Gasteiger partial charge in [0.2, 0.25) is 0 Å². The van der Waals surface area contributed by atoms with E-state index >= 15 is 0 Å². The minimum atomic E-state index is -4.80. The van der Waals surface area contributed by atoms with Gasteiger partial charge in [-0.1, -0.05) is 18.2 Å². The van der Waals surface area contributed by atoms with E-state index < -0.39 is 38.4 Å². The van der Waals surface area contributed by atoms with E-state index in [2.05, 4.69) is 4.74 Å². The molecule has 0 heterocycles. The van der Waals surface area contributed by atoms with Gasteiger partial charge in [0.05, 0.1) is 7.11 Å². The molecule has 116 valence electrons. The van der Waals surface area contributed by atoms with Crippen molar-refractivity contribution >= 4 is 16.1 Å². The van der Waals surface area contributed by atoms with E-state index in [1.807, 2.05) is 0 Å². The lowest BCUT2D eigenvalue weighted by molar-refractivity contribution is 0.0599. The van der Waals surface area contributed by atoms with Crippen LogP contribution >= 0.6 is 0 Å². The summed E-state index contributed by atoms with van der Waals surface area (Å²) in [6, 6.07) is 7.87. The van der Waals surface area contributed by atoms with Crippen molar-refractivity contribution in [1.82, 2.24) is 0 Å². The van der Waals surface area contributed by atoms with Crippen molar-refractivity contribution in [1.29, 1.82) is 0 Å². The minimum absolute atomic E-state index is 0.190. The highest BCUT2D eigenvalue weighted by Crippen LogP contribution is 2.26. The van der Waals surface area contributed by atoms with Crippen molar-refractivity contribution in [3.63, 3.8) is 0 Å². The van der Waals surface area contributed by atoms with Crippen LogP contribution in [0.2, 0.25) is 0 Å². The maximum Gasteiger partial charge on any atom is 0.345 e.